The zero-order valence-corrected chi connectivity index (χ0v) is 16.1. The standard InChI is InChI=1S/C19H20Cl2N2O2/c1-12-5-7-13(8-6-12)17(24)22-23(19(2,3)4)18(25)14-9-15(20)11-16(21)10-14/h5-11H,1-4H3,(H,22,24). The van der Waals surface area contributed by atoms with Crippen LogP contribution in [0.3, 0.4) is 0 Å². The van der Waals surface area contributed by atoms with Crippen LogP contribution in [0.1, 0.15) is 47.1 Å². The van der Waals surface area contributed by atoms with E-state index < -0.39 is 11.4 Å². The molecule has 0 aliphatic rings. The maximum atomic E-state index is 12.9. The molecule has 1 N–H and O–H groups in total. The first-order chi connectivity index (χ1) is 11.6. The number of aryl methyl sites for hydroxylation is 1. The van der Waals surface area contributed by atoms with Gasteiger partial charge in [-0.15, -0.1) is 0 Å². The molecule has 0 fully saturated rings. The van der Waals surface area contributed by atoms with E-state index in [9.17, 15) is 9.59 Å². The van der Waals surface area contributed by atoms with Gasteiger partial charge in [0, 0.05) is 21.2 Å². The minimum Gasteiger partial charge on any atom is -0.267 e. The summed E-state index contributed by atoms with van der Waals surface area (Å²) in [5.41, 5.74) is 3.86. The quantitative estimate of drug-likeness (QED) is 0.756. The van der Waals surface area contributed by atoms with Gasteiger partial charge in [0.1, 0.15) is 0 Å². The number of hydrogen-bond donors (Lipinski definition) is 1. The minimum absolute atomic E-state index is 0.302. The fourth-order valence-electron chi connectivity index (χ4n) is 2.20. The van der Waals surface area contributed by atoms with Gasteiger partial charge >= 0.3 is 0 Å². The molecule has 0 bridgehead atoms. The van der Waals surface area contributed by atoms with Gasteiger partial charge in [0.15, 0.2) is 0 Å². The predicted molar refractivity (Wildman–Crippen MR) is 101 cm³/mol. The average molecular weight is 379 g/mol. The highest BCUT2D eigenvalue weighted by molar-refractivity contribution is 6.35. The Kier molecular flexibility index (Phi) is 5.76. The summed E-state index contributed by atoms with van der Waals surface area (Å²) >= 11 is 12.0. The van der Waals surface area contributed by atoms with Crippen LogP contribution in [0.2, 0.25) is 10.0 Å². The van der Waals surface area contributed by atoms with Crippen molar-refractivity contribution in [3.8, 4) is 0 Å². The molecule has 0 aliphatic heterocycles. The van der Waals surface area contributed by atoms with Gasteiger partial charge in [-0.1, -0.05) is 40.9 Å². The predicted octanol–water partition coefficient (Wildman–Crippen LogP) is 4.89. The normalized spacial score (nSPS) is 11.1. The fourth-order valence-corrected chi connectivity index (χ4v) is 2.73. The van der Waals surface area contributed by atoms with Crippen molar-refractivity contribution < 1.29 is 9.59 Å². The van der Waals surface area contributed by atoms with Crippen LogP contribution in [-0.4, -0.2) is 22.4 Å². The molecule has 2 rings (SSSR count). The molecule has 2 aromatic rings. The largest absolute Gasteiger partial charge is 0.272 e. The lowest BCUT2D eigenvalue weighted by atomic mass is 10.1. The third-order valence-corrected chi connectivity index (χ3v) is 3.95. The number of nitrogens with zero attached hydrogens (tertiary/aromatic N) is 1. The lowest BCUT2D eigenvalue weighted by Crippen LogP contribution is -2.55. The second kappa shape index (κ2) is 7.46. The molecular formula is C19H20Cl2N2O2. The Labute approximate surface area is 157 Å². The molecule has 0 aromatic heterocycles. The number of rotatable bonds is 2. The topological polar surface area (TPSA) is 49.4 Å². The van der Waals surface area contributed by atoms with E-state index in [1.54, 1.807) is 18.2 Å². The Balaban J connectivity index is 2.31. The van der Waals surface area contributed by atoms with Gasteiger partial charge in [0.05, 0.1) is 5.54 Å². The molecule has 132 valence electrons. The van der Waals surface area contributed by atoms with Crippen molar-refractivity contribution in [1.29, 1.82) is 0 Å². The van der Waals surface area contributed by atoms with E-state index in [1.165, 1.54) is 17.1 Å². The molecule has 4 nitrogen and oxygen atoms in total. The van der Waals surface area contributed by atoms with E-state index in [0.29, 0.717) is 21.2 Å². The Bertz CT molecular complexity index is 776. The Morgan fingerprint density at radius 1 is 0.920 bits per heavy atom. The molecule has 0 saturated carbocycles. The van der Waals surface area contributed by atoms with Crippen LogP contribution >= 0.6 is 23.2 Å². The first-order valence-corrected chi connectivity index (χ1v) is 8.52. The number of benzene rings is 2. The lowest BCUT2D eigenvalue weighted by Gasteiger charge is -2.35. The first-order valence-electron chi connectivity index (χ1n) is 7.76. The van der Waals surface area contributed by atoms with Crippen LogP contribution < -0.4 is 5.43 Å². The Hall–Kier alpha value is -2.04. The molecule has 2 amide bonds. The van der Waals surface area contributed by atoms with E-state index in [4.69, 9.17) is 23.2 Å². The average Bonchev–Trinajstić information content (AvgIpc) is 2.50. The van der Waals surface area contributed by atoms with Crippen molar-refractivity contribution in [3.05, 3.63) is 69.2 Å². The van der Waals surface area contributed by atoms with E-state index in [0.717, 1.165) is 5.56 Å². The number of amides is 2. The van der Waals surface area contributed by atoms with E-state index in [-0.39, 0.29) is 5.91 Å². The second-order valence-corrected chi connectivity index (χ2v) is 7.65. The van der Waals surface area contributed by atoms with Crippen LogP contribution in [0.25, 0.3) is 0 Å². The molecule has 0 saturated heterocycles. The van der Waals surface area contributed by atoms with E-state index >= 15 is 0 Å². The van der Waals surface area contributed by atoms with Crippen molar-refractivity contribution in [2.45, 2.75) is 33.2 Å². The molecule has 0 unspecified atom stereocenters. The third-order valence-electron chi connectivity index (χ3n) is 3.51. The van der Waals surface area contributed by atoms with Crippen LogP contribution in [0.15, 0.2) is 42.5 Å². The molecule has 0 radical (unpaired) electrons. The van der Waals surface area contributed by atoms with Crippen LogP contribution in [0.4, 0.5) is 0 Å². The molecule has 0 heterocycles. The summed E-state index contributed by atoms with van der Waals surface area (Å²) in [7, 11) is 0. The number of carbonyl (C=O) groups is 2. The Morgan fingerprint density at radius 2 is 1.44 bits per heavy atom. The van der Waals surface area contributed by atoms with Gasteiger partial charge < -0.3 is 0 Å². The second-order valence-electron chi connectivity index (χ2n) is 6.78. The summed E-state index contributed by atoms with van der Waals surface area (Å²) in [4.78, 5) is 25.4. The molecular weight excluding hydrogens is 359 g/mol. The smallest absolute Gasteiger partial charge is 0.267 e. The summed E-state index contributed by atoms with van der Waals surface area (Å²) in [5, 5.41) is 2.00. The first kappa shape index (κ1) is 19.3. The highest BCUT2D eigenvalue weighted by Crippen LogP contribution is 2.22. The maximum Gasteiger partial charge on any atom is 0.272 e. The molecule has 0 spiro atoms. The van der Waals surface area contributed by atoms with Crippen molar-refractivity contribution in [1.82, 2.24) is 10.4 Å². The maximum absolute atomic E-state index is 12.9. The van der Waals surface area contributed by atoms with Gasteiger partial charge in [0.2, 0.25) is 0 Å². The van der Waals surface area contributed by atoms with Gasteiger partial charge in [-0.25, -0.2) is 5.01 Å². The van der Waals surface area contributed by atoms with Crippen molar-refractivity contribution in [3.63, 3.8) is 0 Å². The SMILES string of the molecule is Cc1ccc(C(=O)NN(C(=O)c2cc(Cl)cc(Cl)c2)C(C)(C)C)cc1. The van der Waals surface area contributed by atoms with Crippen molar-refractivity contribution >= 4 is 35.0 Å². The monoisotopic (exact) mass is 378 g/mol. The van der Waals surface area contributed by atoms with E-state index in [1.807, 2.05) is 39.8 Å². The molecule has 6 heteroatoms. The lowest BCUT2D eigenvalue weighted by molar-refractivity contribution is 0.0358. The van der Waals surface area contributed by atoms with Gasteiger partial charge in [-0.2, -0.15) is 0 Å². The number of hydrazine groups is 1. The summed E-state index contributed by atoms with van der Waals surface area (Å²) in [6, 6.07) is 11.7. The van der Waals surface area contributed by atoms with Crippen LogP contribution in [-0.2, 0) is 0 Å². The molecule has 0 aliphatic carbocycles. The van der Waals surface area contributed by atoms with Gasteiger partial charge in [0.25, 0.3) is 11.8 Å². The summed E-state index contributed by atoms with van der Waals surface area (Å²) in [5.74, 6) is -0.756. The highest BCUT2D eigenvalue weighted by Gasteiger charge is 2.30. The zero-order chi connectivity index (χ0) is 18.8. The summed E-state index contributed by atoms with van der Waals surface area (Å²) < 4.78 is 0. The third kappa shape index (κ3) is 4.97. The minimum atomic E-state index is -0.647. The van der Waals surface area contributed by atoms with Gasteiger partial charge in [-0.3, -0.25) is 15.0 Å². The van der Waals surface area contributed by atoms with Crippen molar-refractivity contribution in [2.75, 3.05) is 0 Å². The van der Waals surface area contributed by atoms with Crippen LogP contribution in [0.5, 0.6) is 0 Å². The van der Waals surface area contributed by atoms with Gasteiger partial charge in [-0.05, 0) is 58.0 Å². The highest BCUT2D eigenvalue weighted by atomic mass is 35.5. The summed E-state index contributed by atoms with van der Waals surface area (Å²) in [6.45, 7) is 7.42. The van der Waals surface area contributed by atoms with E-state index in [2.05, 4.69) is 5.43 Å². The van der Waals surface area contributed by atoms with Crippen molar-refractivity contribution in [2.24, 2.45) is 0 Å². The molecule has 25 heavy (non-hydrogen) atoms. The van der Waals surface area contributed by atoms with Crippen LogP contribution in [0, 0.1) is 6.92 Å². The number of hydrogen-bond acceptors (Lipinski definition) is 2. The number of carbonyl (C=O) groups excluding carboxylic acids is 2. The Morgan fingerprint density at radius 3 is 1.92 bits per heavy atom. The number of nitrogens with one attached hydrogen (secondary N) is 1. The number of halogens is 2. The molecule has 2 aromatic carbocycles. The fraction of sp³-hybridized carbons (Fsp3) is 0.263. The molecule has 0 atom stereocenters. The summed E-state index contributed by atoms with van der Waals surface area (Å²) in [6.07, 6.45) is 0. The zero-order valence-electron chi connectivity index (χ0n) is 14.6.